The highest BCUT2D eigenvalue weighted by molar-refractivity contribution is 5.36. The molecule has 2 rings (SSSR count). The van der Waals surface area contributed by atoms with E-state index < -0.39 is 36.8 Å². The molecule has 8 heteroatoms. The smallest absolute Gasteiger partial charge is 0.351 e. The van der Waals surface area contributed by atoms with Crippen LogP contribution in [0, 0.1) is 0 Å². The maximum Gasteiger partial charge on any atom is 0.351 e. The van der Waals surface area contributed by atoms with E-state index in [9.17, 15) is 15.0 Å². The van der Waals surface area contributed by atoms with Gasteiger partial charge in [-0.2, -0.15) is 4.98 Å². The lowest BCUT2D eigenvalue weighted by atomic mass is 10.1. The summed E-state index contributed by atoms with van der Waals surface area (Å²) in [6, 6.07) is 0. The van der Waals surface area contributed by atoms with Crippen LogP contribution in [0.4, 0.5) is 5.82 Å². The first-order valence-electron chi connectivity index (χ1n) is 5.99. The van der Waals surface area contributed by atoms with Crippen LogP contribution in [0.15, 0.2) is 11.0 Å². The molecule has 0 amide bonds. The summed E-state index contributed by atoms with van der Waals surface area (Å²) in [6.45, 7) is 1.39. The number of aliphatic hydroxyl groups excluding tert-OH is 3. The van der Waals surface area contributed by atoms with Crippen LogP contribution in [0.3, 0.4) is 0 Å². The molecule has 0 radical (unpaired) electrons. The van der Waals surface area contributed by atoms with Crippen LogP contribution in [-0.2, 0) is 11.2 Å². The third kappa shape index (κ3) is 2.35. The third-order valence-corrected chi connectivity index (χ3v) is 3.23. The highest BCUT2D eigenvalue weighted by Crippen LogP contribution is 2.28. The van der Waals surface area contributed by atoms with Crippen molar-refractivity contribution in [3.63, 3.8) is 0 Å². The second-order valence-electron chi connectivity index (χ2n) is 4.42. The summed E-state index contributed by atoms with van der Waals surface area (Å²) < 4.78 is 6.36. The first kappa shape index (κ1) is 13.9. The van der Waals surface area contributed by atoms with E-state index in [0.717, 1.165) is 4.57 Å². The average Bonchev–Trinajstić information content (AvgIpc) is 2.67. The number of nitrogens with zero attached hydrogens (tertiary/aromatic N) is 2. The third-order valence-electron chi connectivity index (χ3n) is 3.23. The predicted octanol–water partition coefficient (Wildman–Crippen LogP) is -2.00. The molecule has 19 heavy (non-hydrogen) atoms. The second kappa shape index (κ2) is 5.25. The van der Waals surface area contributed by atoms with E-state index in [1.165, 1.54) is 6.20 Å². The number of aliphatic hydroxyl groups is 3. The van der Waals surface area contributed by atoms with E-state index >= 15 is 0 Å². The van der Waals surface area contributed by atoms with Crippen LogP contribution in [0.2, 0.25) is 0 Å². The van der Waals surface area contributed by atoms with Crippen molar-refractivity contribution in [3.8, 4) is 0 Å². The summed E-state index contributed by atoms with van der Waals surface area (Å²) in [5.41, 5.74) is 5.56. The van der Waals surface area contributed by atoms with Crippen molar-refractivity contribution < 1.29 is 20.1 Å². The number of anilines is 1. The maximum atomic E-state index is 11.8. The SMILES string of the molecule is CCc1cn([C@H]2O[C@H](CO)[C@@H](O)[C@@H]2O)c(=O)nc1N. The Balaban J connectivity index is 2.40. The maximum absolute atomic E-state index is 11.8. The van der Waals surface area contributed by atoms with E-state index in [1.807, 2.05) is 6.92 Å². The summed E-state index contributed by atoms with van der Waals surface area (Å²) in [5.74, 6) is 0.135. The van der Waals surface area contributed by atoms with Crippen LogP contribution < -0.4 is 11.4 Å². The van der Waals surface area contributed by atoms with Gasteiger partial charge < -0.3 is 25.8 Å². The van der Waals surface area contributed by atoms with Crippen molar-refractivity contribution in [2.45, 2.75) is 37.9 Å². The molecular formula is C11H17N3O5. The van der Waals surface area contributed by atoms with Crippen molar-refractivity contribution in [2.24, 2.45) is 0 Å². The standard InChI is InChI=1S/C11H17N3O5/c1-2-5-3-14(11(18)13-9(5)12)10-8(17)7(16)6(4-15)19-10/h3,6-8,10,15-17H,2,4H2,1H3,(H2,12,13,18)/t6-,7-,8+,10+/m1/s1. The van der Waals surface area contributed by atoms with Gasteiger partial charge in [0.2, 0.25) is 0 Å². The molecule has 106 valence electrons. The van der Waals surface area contributed by atoms with Gasteiger partial charge >= 0.3 is 5.69 Å². The number of hydrogen-bond acceptors (Lipinski definition) is 7. The number of hydrogen-bond donors (Lipinski definition) is 4. The Bertz CT molecular complexity index is 518. The van der Waals surface area contributed by atoms with Gasteiger partial charge in [-0.1, -0.05) is 6.92 Å². The van der Waals surface area contributed by atoms with E-state index in [1.54, 1.807) is 0 Å². The van der Waals surface area contributed by atoms with Crippen LogP contribution >= 0.6 is 0 Å². The Kier molecular flexibility index (Phi) is 3.85. The van der Waals surface area contributed by atoms with Gasteiger partial charge in [-0.25, -0.2) is 4.79 Å². The number of nitrogens with two attached hydrogens (primary N) is 1. The van der Waals surface area contributed by atoms with Crippen molar-refractivity contribution in [1.82, 2.24) is 9.55 Å². The molecule has 8 nitrogen and oxygen atoms in total. The summed E-state index contributed by atoms with van der Waals surface area (Å²) >= 11 is 0. The van der Waals surface area contributed by atoms with Crippen molar-refractivity contribution >= 4 is 5.82 Å². The fourth-order valence-corrected chi connectivity index (χ4v) is 2.09. The zero-order valence-electron chi connectivity index (χ0n) is 10.4. The minimum atomic E-state index is -1.31. The molecule has 1 fully saturated rings. The fourth-order valence-electron chi connectivity index (χ4n) is 2.09. The average molecular weight is 271 g/mol. The Morgan fingerprint density at radius 3 is 2.68 bits per heavy atom. The largest absolute Gasteiger partial charge is 0.394 e. The van der Waals surface area contributed by atoms with Gasteiger partial charge in [0.15, 0.2) is 6.23 Å². The number of ether oxygens (including phenoxy) is 1. The molecule has 0 aromatic carbocycles. The summed E-state index contributed by atoms with van der Waals surface area (Å²) in [7, 11) is 0. The molecule has 1 aromatic heterocycles. The molecule has 0 bridgehead atoms. The fraction of sp³-hybridized carbons (Fsp3) is 0.636. The molecule has 0 spiro atoms. The molecule has 0 unspecified atom stereocenters. The Morgan fingerprint density at radius 2 is 2.16 bits per heavy atom. The van der Waals surface area contributed by atoms with Gasteiger partial charge in [-0.15, -0.1) is 0 Å². The minimum absolute atomic E-state index is 0.135. The first-order chi connectivity index (χ1) is 8.99. The topological polar surface area (TPSA) is 131 Å². The molecule has 1 saturated heterocycles. The second-order valence-corrected chi connectivity index (χ2v) is 4.42. The molecule has 2 heterocycles. The lowest BCUT2D eigenvalue weighted by molar-refractivity contribution is -0.0550. The van der Waals surface area contributed by atoms with Crippen LogP contribution in [0.1, 0.15) is 18.7 Å². The molecule has 1 aliphatic rings. The van der Waals surface area contributed by atoms with Crippen molar-refractivity contribution in [3.05, 3.63) is 22.2 Å². The van der Waals surface area contributed by atoms with E-state index in [-0.39, 0.29) is 5.82 Å². The molecule has 0 saturated carbocycles. The number of nitrogen functional groups attached to an aromatic ring is 1. The lowest BCUT2D eigenvalue weighted by Crippen LogP contribution is -2.36. The molecule has 1 aromatic rings. The Labute approximate surface area is 109 Å². The summed E-state index contributed by atoms with van der Waals surface area (Å²) in [6.07, 6.45) is -2.58. The Hall–Kier alpha value is -1.48. The van der Waals surface area contributed by atoms with E-state index in [0.29, 0.717) is 12.0 Å². The van der Waals surface area contributed by atoms with Gasteiger partial charge in [0, 0.05) is 11.8 Å². The van der Waals surface area contributed by atoms with Crippen LogP contribution in [-0.4, -0.2) is 49.8 Å². The van der Waals surface area contributed by atoms with Crippen LogP contribution in [0.25, 0.3) is 0 Å². The Morgan fingerprint density at radius 1 is 1.47 bits per heavy atom. The van der Waals surface area contributed by atoms with Gasteiger partial charge in [0.25, 0.3) is 0 Å². The minimum Gasteiger partial charge on any atom is -0.394 e. The molecular weight excluding hydrogens is 254 g/mol. The first-order valence-corrected chi connectivity index (χ1v) is 5.99. The van der Waals surface area contributed by atoms with Gasteiger partial charge in [0.1, 0.15) is 24.1 Å². The van der Waals surface area contributed by atoms with Gasteiger partial charge in [-0.05, 0) is 6.42 Å². The zero-order valence-corrected chi connectivity index (χ0v) is 10.4. The highest BCUT2D eigenvalue weighted by Gasteiger charge is 2.43. The zero-order chi connectivity index (χ0) is 14.2. The van der Waals surface area contributed by atoms with E-state index in [2.05, 4.69) is 4.98 Å². The monoisotopic (exact) mass is 271 g/mol. The molecule has 4 atom stereocenters. The predicted molar refractivity (Wildman–Crippen MR) is 65.3 cm³/mol. The summed E-state index contributed by atoms with van der Waals surface area (Å²) in [5, 5.41) is 28.5. The molecule has 1 aliphatic heterocycles. The van der Waals surface area contributed by atoms with Gasteiger partial charge in [-0.3, -0.25) is 4.57 Å². The lowest BCUT2D eigenvalue weighted by Gasteiger charge is -2.18. The van der Waals surface area contributed by atoms with Crippen LogP contribution in [0.5, 0.6) is 0 Å². The highest BCUT2D eigenvalue weighted by atomic mass is 16.6. The van der Waals surface area contributed by atoms with Crippen molar-refractivity contribution in [1.29, 1.82) is 0 Å². The van der Waals surface area contributed by atoms with E-state index in [4.69, 9.17) is 15.6 Å². The number of aryl methyl sites for hydroxylation is 1. The number of rotatable bonds is 3. The number of aromatic nitrogens is 2. The quantitative estimate of drug-likeness (QED) is 0.500. The molecule has 5 N–H and O–H groups in total. The van der Waals surface area contributed by atoms with Crippen molar-refractivity contribution in [2.75, 3.05) is 12.3 Å². The summed E-state index contributed by atoms with van der Waals surface area (Å²) in [4.78, 5) is 15.4. The normalized spacial score (nSPS) is 30.7. The van der Waals surface area contributed by atoms with Gasteiger partial charge in [0.05, 0.1) is 6.61 Å². The molecule has 0 aliphatic carbocycles.